The van der Waals surface area contributed by atoms with E-state index in [0.717, 1.165) is 28.1 Å². The van der Waals surface area contributed by atoms with E-state index in [1.54, 1.807) is 23.1 Å². The van der Waals surface area contributed by atoms with Crippen molar-refractivity contribution in [1.29, 1.82) is 0 Å². The van der Waals surface area contributed by atoms with E-state index in [2.05, 4.69) is 22.0 Å². The van der Waals surface area contributed by atoms with Crippen molar-refractivity contribution >= 4 is 40.8 Å². The normalized spacial score (nSPS) is 17.7. The fraction of sp³-hybridized carbons (Fsp3) is 0.786. The van der Waals surface area contributed by atoms with Crippen molar-refractivity contribution in [1.82, 2.24) is 15.1 Å². The van der Waals surface area contributed by atoms with Crippen molar-refractivity contribution < 1.29 is 4.79 Å². The van der Waals surface area contributed by atoms with Crippen molar-refractivity contribution in [2.24, 2.45) is 0 Å². The standard InChI is InChI=1S/C14H23N3OS3/c1-4-17(11-8-6-5-7-9-11)12(18)10(2)20-14-16-15-13(19-3)21-14/h10-11H,4-9H2,1-3H3. The van der Waals surface area contributed by atoms with Gasteiger partial charge in [-0.3, -0.25) is 4.79 Å². The summed E-state index contributed by atoms with van der Waals surface area (Å²) in [5.74, 6) is 0.246. The van der Waals surface area contributed by atoms with Gasteiger partial charge >= 0.3 is 0 Å². The van der Waals surface area contributed by atoms with Crippen LogP contribution in [-0.2, 0) is 4.79 Å². The molecule has 1 unspecified atom stereocenters. The third-order valence-corrected chi connectivity index (χ3v) is 6.90. The number of aromatic nitrogens is 2. The van der Waals surface area contributed by atoms with Gasteiger partial charge in [0, 0.05) is 12.6 Å². The molecular formula is C14H23N3OS3. The smallest absolute Gasteiger partial charge is 0.236 e. The van der Waals surface area contributed by atoms with Gasteiger partial charge in [-0.2, -0.15) is 0 Å². The van der Waals surface area contributed by atoms with Crippen LogP contribution >= 0.6 is 34.9 Å². The van der Waals surface area contributed by atoms with E-state index >= 15 is 0 Å². The molecule has 2 rings (SSSR count). The highest BCUT2D eigenvalue weighted by molar-refractivity contribution is 8.03. The third kappa shape index (κ3) is 4.60. The summed E-state index contributed by atoms with van der Waals surface area (Å²) < 4.78 is 1.84. The number of amides is 1. The van der Waals surface area contributed by atoms with Crippen LogP contribution in [0, 0.1) is 0 Å². The summed E-state index contributed by atoms with van der Waals surface area (Å²) in [6.45, 7) is 4.87. The maximum Gasteiger partial charge on any atom is 0.236 e. The predicted octanol–water partition coefficient (Wildman–Crippen LogP) is 3.92. The predicted molar refractivity (Wildman–Crippen MR) is 91.3 cm³/mol. The van der Waals surface area contributed by atoms with E-state index in [1.807, 2.05) is 13.2 Å². The van der Waals surface area contributed by atoms with E-state index in [9.17, 15) is 4.79 Å². The Labute approximate surface area is 139 Å². The molecule has 0 aromatic carbocycles. The van der Waals surface area contributed by atoms with Crippen LogP contribution in [0.15, 0.2) is 8.68 Å². The number of carbonyl (C=O) groups is 1. The fourth-order valence-corrected chi connectivity index (χ4v) is 5.40. The molecule has 0 bridgehead atoms. The Bertz CT molecular complexity index is 460. The average molecular weight is 346 g/mol. The van der Waals surface area contributed by atoms with Gasteiger partial charge in [0.05, 0.1) is 5.25 Å². The Balaban J connectivity index is 1.95. The molecule has 1 heterocycles. The second-order valence-corrected chi connectivity index (χ2v) is 8.83. The third-order valence-electron chi connectivity index (χ3n) is 3.83. The van der Waals surface area contributed by atoms with Crippen molar-refractivity contribution in [3.05, 3.63) is 0 Å². The van der Waals surface area contributed by atoms with E-state index in [1.165, 1.54) is 31.0 Å². The second-order valence-electron chi connectivity index (χ2n) is 5.21. The molecule has 1 aromatic heterocycles. The number of rotatable bonds is 6. The molecule has 4 nitrogen and oxygen atoms in total. The zero-order valence-corrected chi connectivity index (χ0v) is 15.3. The average Bonchev–Trinajstić information content (AvgIpc) is 2.96. The first kappa shape index (κ1) is 17.1. The van der Waals surface area contributed by atoms with Gasteiger partial charge in [0.25, 0.3) is 0 Å². The number of hydrogen-bond donors (Lipinski definition) is 0. The molecule has 0 saturated heterocycles. The number of carbonyl (C=O) groups excluding carboxylic acids is 1. The molecule has 1 aromatic rings. The van der Waals surface area contributed by atoms with E-state index in [4.69, 9.17) is 0 Å². The largest absolute Gasteiger partial charge is 0.339 e. The van der Waals surface area contributed by atoms with Gasteiger partial charge in [0.15, 0.2) is 8.68 Å². The van der Waals surface area contributed by atoms with Gasteiger partial charge in [0.2, 0.25) is 5.91 Å². The fourth-order valence-electron chi connectivity index (χ4n) is 2.75. The van der Waals surface area contributed by atoms with Gasteiger partial charge in [-0.1, -0.05) is 54.1 Å². The minimum absolute atomic E-state index is 0.0884. The van der Waals surface area contributed by atoms with Crippen molar-refractivity contribution in [2.45, 2.75) is 65.9 Å². The van der Waals surface area contributed by atoms with Crippen LogP contribution in [0.2, 0.25) is 0 Å². The van der Waals surface area contributed by atoms with Crippen molar-refractivity contribution in [3.63, 3.8) is 0 Å². The molecule has 118 valence electrons. The molecule has 0 N–H and O–H groups in total. The number of nitrogens with zero attached hydrogens (tertiary/aromatic N) is 3. The first-order chi connectivity index (χ1) is 10.2. The van der Waals surface area contributed by atoms with Gasteiger partial charge in [-0.05, 0) is 32.9 Å². The lowest BCUT2D eigenvalue weighted by molar-refractivity contribution is -0.133. The highest BCUT2D eigenvalue weighted by Gasteiger charge is 2.28. The zero-order valence-electron chi connectivity index (χ0n) is 12.9. The summed E-state index contributed by atoms with van der Waals surface area (Å²) in [6.07, 6.45) is 8.13. The van der Waals surface area contributed by atoms with Crippen molar-refractivity contribution in [3.8, 4) is 0 Å². The molecule has 1 atom stereocenters. The van der Waals surface area contributed by atoms with Crippen LogP contribution in [0.1, 0.15) is 46.0 Å². The summed E-state index contributed by atoms with van der Waals surface area (Å²) in [7, 11) is 0. The summed E-state index contributed by atoms with van der Waals surface area (Å²) in [5.41, 5.74) is 0. The minimum atomic E-state index is -0.0884. The first-order valence-corrected chi connectivity index (χ1v) is 10.4. The summed E-state index contributed by atoms with van der Waals surface area (Å²) >= 11 is 4.70. The lowest BCUT2D eigenvalue weighted by Gasteiger charge is -2.35. The molecule has 0 radical (unpaired) electrons. The topological polar surface area (TPSA) is 46.1 Å². The maximum absolute atomic E-state index is 12.7. The Kier molecular flexibility index (Phi) is 6.82. The van der Waals surface area contributed by atoms with Gasteiger partial charge in [-0.15, -0.1) is 10.2 Å². The molecular weight excluding hydrogens is 322 g/mol. The Morgan fingerprint density at radius 3 is 2.57 bits per heavy atom. The first-order valence-electron chi connectivity index (χ1n) is 7.50. The summed E-state index contributed by atoms with van der Waals surface area (Å²) in [4.78, 5) is 14.8. The molecule has 1 fully saturated rings. The number of hydrogen-bond acceptors (Lipinski definition) is 6. The monoisotopic (exact) mass is 345 g/mol. The minimum Gasteiger partial charge on any atom is -0.339 e. The van der Waals surface area contributed by atoms with Gasteiger partial charge < -0.3 is 4.90 Å². The molecule has 21 heavy (non-hydrogen) atoms. The molecule has 1 aliphatic carbocycles. The summed E-state index contributed by atoms with van der Waals surface area (Å²) in [5, 5.41) is 8.15. The van der Waals surface area contributed by atoms with Crippen LogP contribution in [0.3, 0.4) is 0 Å². The maximum atomic E-state index is 12.7. The lowest BCUT2D eigenvalue weighted by atomic mass is 9.94. The van der Waals surface area contributed by atoms with Gasteiger partial charge in [-0.25, -0.2) is 0 Å². The quantitative estimate of drug-likeness (QED) is 0.731. The van der Waals surface area contributed by atoms with Crippen LogP contribution in [0.4, 0.5) is 0 Å². The van der Waals surface area contributed by atoms with Gasteiger partial charge in [0.1, 0.15) is 0 Å². The van der Waals surface area contributed by atoms with E-state index < -0.39 is 0 Å². The Hall–Kier alpha value is -0.270. The highest BCUT2D eigenvalue weighted by Crippen LogP contribution is 2.32. The van der Waals surface area contributed by atoms with E-state index in [0.29, 0.717) is 6.04 Å². The second kappa shape index (κ2) is 8.39. The van der Waals surface area contributed by atoms with E-state index in [-0.39, 0.29) is 11.2 Å². The van der Waals surface area contributed by atoms with Crippen LogP contribution in [0.25, 0.3) is 0 Å². The van der Waals surface area contributed by atoms with Crippen LogP contribution < -0.4 is 0 Å². The molecule has 0 spiro atoms. The molecule has 7 heteroatoms. The molecule has 1 saturated carbocycles. The summed E-state index contributed by atoms with van der Waals surface area (Å²) in [6, 6.07) is 0.440. The van der Waals surface area contributed by atoms with Crippen LogP contribution in [0.5, 0.6) is 0 Å². The number of thioether (sulfide) groups is 2. The Morgan fingerprint density at radius 2 is 2.00 bits per heavy atom. The zero-order chi connectivity index (χ0) is 15.2. The van der Waals surface area contributed by atoms with Crippen LogP contribution in [-0.4, -0.2) is 45.1 Å². The highest BCUT2D eigenvalue weighted by atomic mass is 32.2. The SMILES string of the molecule is CCN(C(=O)C(C)Sc1nnc(SC)s1)C1CCCCC1. The lowest BCUT2D eigenvalue weighted by Crippen LogP contribution is -2.44. The molecule has 0 aliphatic heterocycles. The molecule has 1 aliphatic rings. The Morgan fingerprint density at radius 1 is 1.33 bits per heavy atom. The van der Waals surface area contributed by atoms with Crippen molar-refractivity contribution in [2.75, 3.05) is 12.8 Å². The molecule has 1 amide bonds.